The highest BCUT2D eigenvalue weighted by Gasteiger charge is 2.09. The summed E-state index contributed by atoms with van der Waals surface area (Å²) in [4.78, 5) is 0. The minimum absolute atomic E-state index is 0.669. The van der Waals surface area contributed by atoms with Gasteiger partial charge in [0, 0.05) is 5.39 Å². The summed E-state index contributed by atoms with van der Waals surface area (Å²) in [5, 5.41) is 5.00. The van der Waals surface area contributed by atoms with Crippen molar-refractivity contribution >= 4 is 16.7 Å². The molecule has 2 N–H and O–H groups in total. The van der Waals surface area contributed by atoms with E-state index in [9.17, 15) is 0 Å². The number of aryl methyl sites for hydroxylation is 2. The van der Waals surface area contributed by atoms with Gasteiger partial charge in [0.2, 0.25) is 0 Å². The van der Waals surface area contributed by atoms with Crippen LogP contribution in [0.15, 0.2) is 16.7 Å². The number of nitrogens with zero attached hydrogens (tertiary/aromatic N) is 1. The Kier molecular flexibility index (Phi) is 1.72. The minimum Gasteiger partial charge on any atom is -0.396 e. The molecule has 0 unspecified atom stereocenters. The van der Waals surface area contributed by atoms with Gasteiger partial charge in [-0.2, -0.15) is 0 Å². The average molecular weight is 176 g/mol. The third kappa shape index (κ3) is 1.16. The van der Waals surface area contributed by atoms with E-state index in [1.165, 1.54) is 0 Å². The summed E-state index contributed by atoms with van der Waals surface area (Å²) in [5.74, 6) is 0. The minimum atomic E-state index is 0.669. The molecule has 1 aromatic heterocycles. The van der Waals surface area contributed by atoms with Crippen LogP contribution in [0.4, 0.5) is 5.69 Å². The first-order valence-corrected chi connectivity index (χ1v) is 4.36. The summed E-state index contributed by atoms with van der Waals surface area (Å²) >= 11 is 0. The zero-order valence-electron chi connectivity index (χ0n) is 7.79. The number of hydrogen-bond donors (Lipinski definition) is 1. The Hall–Kier alpha value is -1.51. The van der Waals surface area contributed by atoms with Crippen LogP contribution in [0.5, 0.6) is 0 Å². The molecule has 0 spiro atoms. The predicted octanol–water partition coefficient (Wildman–Crippen LogP) is 2.28. The molecule has 2 rings (SSSR count). The van der Waals surface area contributed by atoms with Crippen LogP contribution in [-0.4, -0.2) is 5.16 Å². The van der Waals surface area contributed by atoms with E-state index in [2.05, 4.69) is 18.1 Å². The van der Waals surface area contributed by atoms with Crippen molar-refractivity contribution in [3.05, 3.63) is 23.4 Å². The van der Waals surface area contributed by atoms with E-state index >= 15 is 0 Å². The first-order chi connectivity index (χ1) is 6.22. The zero-order valence-corrected chi connectivity index (χ0v) is 7.79. The van der Waals surface area contributed by atoms with Gasteiger partial charge in [-0.1, -0.05) is 12.1 Å². The Morgan fingerprint density at radius 3 is 2.92 bits per heavy atom. The summed E-state index contributed by atoms with van der Waals surface area (Å²) < 4.78 is 5.15. The molecular weight excluding hydrogens is 164 g/mol. The van der Waals surface area contributed by atoms with Crippen molar-refractivity contribution in [2.24, 2.45) is 0 Å². The van der Waals surface area contributed by atoms with Gasteiger partial charge in [0.1, 0.15) is 0 Å². The highest BCUT2D eigenvalue weighted by molar-refractivity contribution is 5.90. The van der Waals surface area contributed by atoms with Crippen molar-refractivity contribution in [3.8, 4) is 0 Å². The number of aromatic nitrogens is 1. The quantitative estimate of drug-likeness (QED) is 0.678. The molecule has 2 aromatic rings. The van der Waals surface area contributed by atoms with Crippen molar-refractivity contribution < 1.29 is 4.52 Å². The molecule has 0 aliphatic rings. The summed E-state index contributed by atoms with van der Waals surface area (Å²) in [7, 11) is 0. The molecule has 0 atom stereocenters. The largest absolute Gasteiger partial charge is 0.396 e. The van der Waals surface area contributed by atoms with Crippen molar-refractivity contribution in [3.63, 3.8) is 0 Å². The van der Waals surface area contributed by atoms with Crippen LogP contribution in [-0.2, 0) is 6.42 Å². The van der Waals surface area contributed by atoms with Crippen LogP contribution in [0.2, 0.25) is 0 Å². The molecular formula is C10H12N2O. The molecule has 0 radical (unpaired) electrons. The zero-order chi connectivity index (χ0) is 9.42. The van der Waals surface area contributed by atoms with Crippen LogP contribution in [0.3, 0.4) is 0 Å². The smallest absolute Gasteiger partial charge is 0.189 e. The van der Waals surface area contributed by atoms with Gasteiger partial charge in [-0.25, -0.2) is 0 Å². The van der Waals surface area contributed by atoms with Crippen molar-refractivity contribution in [1.82, 2.24) is 5.16 Å². The third-order valence-corrected chi connectivity index (χ3v) is 2.15. The lowest BCUT2D eigenvalue weighted by atomic mass is 10.1. The van der Waals surface area contributed by atoms with Gasteiger partial charge in [0.15, 0.2) is 5.58 Å². The Bertz CT molecular complexity index is 445. The summed E-state index contributed by atoms with van der Waals surface area (Å²) in [5.41, 5.74) is 9.29. The van der Waals surface area contributed by atoms with Gasteiger partial charge in [0.25, 0.3) is 0 Å². The van der Waals surface area contributed by atoms with Gasteiger partial charge in [-0.3, -0.25) is 0 Å². The number of hydrogen-bond acceptors (Lipinski definition) is 3. The highest BCUT2D eigenvalue weighted by Crippen LogP contribution is 2.25. The fourth-order valence-electron chi connectivity index (χ4n) is 1.52. The van der Waals surface area contributed by atoms with Gasteiger partial charge in [-0.05, 0) is 31.0 Å². The lowest BCUT2D eigenvalue weighted by Crippen LogP contribution is -1.87. The first kappa shape index (κ1) is 8.10. The maximum atomic E-state index is 5.79. The first-order valence-electron chi connectivity index (χ1n) is 4.36. The molecule has 0 fully saturated rings. The molecule has 3 heteroatoms. The fraction of sp³-hybridized carbons (Fsp3) is 0.300. The second-order valence-corrected chi connectivity index (χ2v) is 3.21. The maximum Gasteiger partial charge on any atom is 0.189 e. The van der Waals surface area contributed by atoms with Crippen LogP contribution in [0, 0.1) is 6.92 Å². The Balaban J connectivity index is 2.82. The molecule has 0 aliphatic carbocycles. The monoisotopic (exact) mass is 176 g/mol. The molecule has 0 saturated heterocycles. The van der Waals surface area contributed by atoms with E-state index in [0.717, 1.165) is 23.1 Å². The molecule has 68 valence electrons. The Morgan fingerprint density at radius 2 is 2.23 bits per heavy atom. The molecule has 1 heterocycles. The van der Waals surface area contributed by atoms with Crippen molar-refractivity contribution in [2.45, 2.75) is 20.3 Å². The van der Waals surface area contributed by atoms with Gasteiger partial charge in [-0.15, -0.1) is 0 Å². The van der Waals surface area contributed by atoms with Crippen molar-refractivity contribution in [2.75, 3.05) is 5.73 Å². The van der Waals surface area contributed by atoms with E-state index in [1.807, 2.05) is 13.0 Å². The topological polar surface area (TPSA) is 52.0 Å². The van der Waals surface area contributed by atoms with E-state index in [1.54, 1.807) is 0 Å². The van der Waals surface area contributed by atoms with E-state index < -0.39 is 0 Å². The van der Waals surface area contributed by atoms with Gasteiger partial charge < -0.3 is 10.3 Å². The molecule has 3 nitrogen and oxygen atoms in total. The molecule has 1 aromatic carbocycles. The maximum absolute atomic E-state index is 5.79. The number of fused-ring (bicyclic) bond motifs is 1. The van der Waals surface area contributed by atoms with E-state index in [-0.39, 0.29) is 0 Å². The molecule has 0 amide bonds. The molecule has 0 saturated carbocycles. The van der Waals surface area contributed by atoms with E-state index in [4.69, 9.17) is 10.3 Å². The number of rotatable bonds is 1. The van der Waals surface area contributed by atoms with Crippen LogP contribution in [0.1, 0.15) is 18.2 Å². The second-order valence-electron chi connectivity index (χ2n) is 3.21. The summed E-state index contributed by atoms with van der Waals surface area (Å²) in [6.07, 6.45) is 0.871. The Morgan fingerprint density at radius 1 is 1.46 bits per heavy atom. The standard InChI is InChI=1S/C10H12N2O/c1-3-9-7-4-6(2)5-8(11)10(7)13-12-9/h4-5H,3,11H2,1-2H3. The van der Waals surface area contributed by atoms with Crippen LogP contribution < -0.4 is 5.73 Å². The lowest BCUT2D eigenvalue weighted by Gasteiger charge is -1.96. The average Bonchev–Trinajstić information content (AvgIpc) is 2.47. The molecule has 13 heavy (non-hydrogen) atoms. The second kappa shape index (κ2) is 2.76. The predicted molar refractivity (Wildman–Crippen MR) is 52.5 cm³/mol. The third-order valence-electron chi connectivity index (χ3n) is 2.15. The molecule has 0 bridgehead atoms. The number of benzene rings is 1. The summed E-state index contributed by atoms with van der Waals surface area (Å²) in [6.45, 7) is 4.07. The summed E-state index contributed by atoms with van der Waals surface area (Å²) in [6, 6.07) is 3.95. The van der Waals surface area contributed by atoms with Gasteiger partial charge >= 0.3 is 0 Å². The van der Waals surface area contributed by atoms with Crippen LogP contribution >= 0.6 is 0 Å². The van der Waals surface area contributed by atoms with E-state index in [0.29, 0.717) is 11.3 Å². The Labute approximate surface area is 76.5 Å². The number of anilines is 1. The highest BCUT2D eigenvalue weighted by atomic mass is 16.5. The van der Waals surface area contributed by atoms with Gasteiger partial charge in [0.05, 0.1) is 11.4 Å². The SMILES string of the molecule is CCc1noc2c(N)cc(C)cc12. The van der Waals surface area contributed by atoms with Crippen molar-refractivity contribution in [1.29, 1.82) is 0 Å². The molecule has 0 aliphatic heterocycles. The normalized spacial score (nSPS) is 10.9. The number of nitrogens with two attached hydrogens (primary N) is 1. The number of nitrogen functional groups attached to an aromatic ring is 1. The van der Waals surface area contributed by atoms with Crippen LogP contribution in [0.25, 0.3) is 11.0 Å². The fourth-order valence-corrected chi connectivity index (χ4v) is 1.52. The lowest BCUT2D eigenvalue weighted by molar-refractivity contribution is 0.448.